The van der Waals surface area contributed by atoms with Crippen LogP contribution in [-0.2, 0) is 5.75 Å². The second-order valence-electron chi connectivity index (χ2n) is 3.72. The van der Waals surface area contributed by atoms with Crippen molar-refractivity contribution in [3.05, 3.63) is 45.8 Å². The number of aryl methyl sites for hydroxylation is 1. The first-order chi connectivity index (χ1) is 8.54. The Labute approximate surface area is 120 Å². The summed E-state index contributed by atoms with van der Waals surface area (Å²) in [5, 5.41) is 1.10. The van der Waals surface area contributed by atoms with Crippen molar-refractivity contribution >= 4 is 40.8 Å². The summed E-state index contributed by atoms with van der Waals surface area (Å²) in [4.78, 5) is 9.52. The monoisotopic (exact) mass is 299 g/mol. The summed E-state index contributed by atoms with van der Waals surface area (Å²) in [6.45, 7) is 1.89. The fourth-order valence-electron chi connectivity index (χ4n) is 1.44. The highest BCUT2D eigenvalue weighted by atomic mass is 35.5. The lowest BCUT2D eigenvalue weighted by Crippen LogP contribution is -1.99. The van der Waals surface area contributed by atoms with E-state index < -0.39 is 0 Å². The number of hydrogen-bond acceptors (Lipinski definition) is 4. The SMILES string of the molecule is Cc1cc(N)nc(CSc2ccc(Cl)c(Cl)c2)n1. The van der Waals surface area contributed by atoms with Crippen LogP contribution >= 0.6 is 35.0 Å². The normalized spacial score (nSPS) is 10.6. The lowest BCUT2D eigenvalue weighted by molar-refractivity contribution is 1.00. The maximum atomic E-state index is 5.95. The number of rotatable bonds is 3. The number of aromatic nitrogens is 2. The van der Waals surface area contributed by atoms with Crippen LogP contribution in [0, 0.1) is 6.92 Å². The zero-order valence-electron chi connectivity index (χ0n) is 9.65. The molecule has 0 spiro atoms. The number of hydrogen-bond donors (Lipinski definition) is 1. The molecule has 0 aliphatic carbocycles. The first kappa shape index (κ1) is 13.5. The van der Waals surface area contributed by atoms with Crippen molar-refractivity contribution in [2.75, 3.05) is 5.73 Å². The molecule has 2 N–H and O–H groups in total. The molecule has 0 fully saturated rings. The molecule has 0 atom stereocenters. The molecule has 2 rings (SSSR count). The number of nitrogens with zero attached hydrogens (tertiary/aromatic N) is 2. The molecule has 18 heavy (non-hydrogen) atoms. The number of halogens is 2. The highest BCUT2D eigenvalue weighted by Gasteiger charge is 2.04. The van der Waals surface area contributed by atoms with E-state index >= 15 is 0 Å². The molecule has 0 aliphatic heterocycles. The van der Waals surface area contributed by atoms with Crippen molar-refractivity contribution in [1.29, 1.82) is 0 Å². The standard InChI is InChI=1S/C12H11Cl2N3S/c1-7-4-11(15)17-12(16-7)6-18-8-2-3-9(13)10(14)5-8/h2-5H,6H2,1H3,(H2,15,16,17). The van der Waals surface area contributed by atoms with Crippen LogP contribution in [0.25, 0.3) is 0 Å². The average molecular weight is 300 g/mol. The van der Waals surface area contributed by atoms with E-state index in [0.29, 0.717) is 27.4 Å². The Morgan fingerprint density at radius 3 is 2.61 bits per heavy atom. The number of benzene rings is 1. The molecule has 0 aliphatic rings. The maximum absolute atomic E-state index is 5.95. The van der Waals surface area contributed by atoms with Crippen molar-refractivity contribution in [2.24, 2.45) is 0 Å². The number of nitrogens with two attached hydrogens (primary N) is 1. The lowest BCUT2D eigenvalue weighted by Gasteiger charge is -2.04. The van der Waals surface area contributed by atoms with Gasteiger partial charge in [-0.1, -0.05) is 23.2 Å². The average Bonchev–Trinajstić information content (AvgIpc) is 2.29. The second-order valence-corrected chi connectivity index (χ2v) is 5.58. The van der Waals surface area contributed by atoms with Crippen LogP contribution in [0.4, 0.5) is 5.82 Å². The molecular weight excluding hydrogens is 289 g/mol. The van der Waals surface area contributed by atoms with Crippen LogP contribution in [0.3, 0.4) is 0 Å². The zero-order valence-corrected chi connectivity index (χ0v) is 12.0. The maximum Gasteiger partial charge on any atom is 0.141 e. The van der Waals surface area contributed by atoms with E-state index in [0.717, 1.165) is 10.6 Å². The lowest BCUT2D eigenvalue weighted by atomic mass is 10.4. The molecule has 0 amide bonds. The van der Waals surface area contributed by atoms with Gasteiger partial charge in [0, 0.05) is 16.7 Å². The van der Waals surface area contributed by atoms with Crippen LogP contribution in [0.2, 0.25) is 10.0 Å². The van der Waals surface area contributed by atoms with Gasteiger partial charge in [-0.2, -0.15) is 0 Å². The van der Waals surface area contributed by atoms with E-state index in [1.54, 1.807) is 23.9 Å². The number of anilines is 1. The molecule has 0 radical (unpaired) electrons. The quantitative estimate of drug-likeness (QED) is 0.872. The van der Waals surface area contributed by atoms with Crippen molar-refractivity contribution in [3.8, 4) is 0 Å². The predicted octanol–water partition coefficient (Wildman–Crippen LogP) is 3.97. The first-order valence-corrected chi connectivity index (χ1v) is 6.96. The van der Waals surface area contributed by atoms with Gasteiger partial charge in [0.1, 0.15) is 11.6 Å². The summed E-state index contributed by atoms with van der Waals surface area (Å²) in [5.41, 5.74) is 6.54. The molecule has 2 aromatic rings. The largest absolute Gasteiger partial charge is 0.384 e. The fraction of sp³-hybridized carbons (Fsp3) is 0.167. The smallest absolute Gasteiger partial charge is 0.141 e. The Balaban J connectivity index is 2.08. The molecule has 0 bridgehead atoms. The van der Waals surface area contributed by atoms with Gasteiger partial charge in [0.2, 0.25) is 0 Å². The molecule has 1 aromatic heterocycles. The summed E-state index contributed by atoms with van der Waals surface area (Å²) in [6, 6.07) is 7.26. The van der Waals surface area contributed by atoms with Gasteiger partial charge in [-0.05, 0) is 25.1 Å². The Kier molecular flexibility index (Phi) is 4.32. The van der Waals surface area contributed by atoms with Gasteiger partial charge in [0.05, 0.1) is 15.8 Å². The minimum atomic E-state index is 0.493. The van der Waals surface area contributed by atoms with E-state index in [4.69, 9.17) is 28.9 Å². The topological polar surface area (TPSA) is 51.8 Å². The molecule has 0 unspecified atom stereocenters. The van der Waals surface area contributed by atoms with E-state index in [9.17, 15) is 0 Å². The third-order valence-electron chi connectivity index (χ3n) is 2.18. The second kappa shape index (κ2) is 5.78. The van der Waals surface area contributed by atoms with Crippen LogP contribution in [0.15, 0.2) is 29.2 Å². The molecular formula is C12H11Cl2N3S. The van der Waals surface area contributed by atoms with Crippen LogP contribution in [-0.4, -0.2) is 9.97 Å². The highest BCUT2D eigenvalue weighted by Crippen LogP contribution is 2.29. The number of thioether (sulfide) groups is 1. The molecule has 94 valence electrons. The predicted molar refractivity (Wildman–Crippen MR) is 77.2 cm³/mol. The molecule has 3 nitrogen and oxygen atoms in total. The van der Waals surface area contributed by atoms with Crippen molar-refractivity contribution in [3.63, 3.8) is 0 Å². The van der Waals surface area contributed by atoms with E-state index in [2.05, 4.69) is 9.97 Å². The van der Waals surface area contributed by atoms with Crippen LogP contribution in [0.5, 0.6) is 0 Å². The van der Waals surface area contributed by atoms with Gasteiger partial charge in [0.15, 0.2) is 0 Å². The summed E-state index contributed by atoms with van der Waals surface area (Å²) in [5.74, 6) is 1.85. The van der Waals surface area contributed by atoms with E-state index in [1.807, 2.05) is 19.1 Å². The summed E-state index contributed by atoms with van der Waals surface area (Å²) < 4.78 is 0. The molecule has 6 heteroatoms. The van der Waals surface area contributed by atoms with E-state index in [-0.39, 0.29) is 0 Å². The molecule has 0 saturated heterocycles. The summed E-state index contributed by atoms with van der Waals surface area (Å²) >= 11 is 13.4. The van der Waals surface area contributed by atoms with Crippen molar-refractivity contribution in [2.45, 2.75) is 17.6 Å². The minimum Gasteiger partial charge on any atom is -0.384 e. The third kappa shape index (κ3) is 3.51. The summed E-state index contributed by atoms with van der Waals surface area (Å²) in [6.07, 6.45) is 0. The number of nitrogen functional groups attached to an aromatic ring is 1. The van der Waals surface area contributed by atoms with Gasteiger partial charge in [0.25, 0.3) is 0 Å². The van der Waals surface area contributed by atoms with E-state index in [1.165, 1.54) is 0 Å². The van der Waals surface area contributed by atoms with Crippen LogP contribution < -0.4 is 5.73 Å². The van der Waals surface area contributed by atoms with Gasteiger partial charge in [-0.15, -0.1) is 11.8 Å². The Morgan fingerprint density at radius 2 is 1.94 bits per heavy atom. The minimum absolute atomic E-state index is 0.493. The van der Waals surface area contributed by atoms with Gasteiger partial charge in [-0.3, -0.25) is 0 Å². The van der Waals surface area contributed by atoms with Gasteiger partial charge in [-0.25, -0.2) is 9.97 Å². The molecule has 1 aromatic carbocycles. The van der Waals surface area contributed by atoms with Crippen molar-refractivity contribution < 1.29 is 0 Å². The summed E-state index contributed by atoms with van der Waals surface area (Å²) in [7, 11) is 0. The van der Waals surface area contributed by atoms with Gasteiger partial charge >= 0.3 is 0 Å². The highest BCUT2D eigenvalue weighted by molar-refractivity contribution is 7.98. The molecule has 1 heterocycles. The Bertz CT molecular complexity index is 555. The Hall–Kier alpha value is -0.970. The zero-order chi connectivity index (χ0) is 13.1. The third-order valence-corrected chi connectivity index (χ3v) is 3.91. The van der Waals surface area contributed by atoms with Gasteiger partial charge < -0.3 is 5.73 Å². The fourth-order valence-corrected chi connectivity index (χ4v) is 2.59. The molecule has 0 saturated carbocycles. The first-order valence-electron chi connectivity index (χ1n) is 5.22. The Morgan fingerprint density at radius 1 is 1.17 bits per heavy atom. The van der Waals surface area contributed by atoms with Crippen molar-refractivity contribution in [1.82, 2.24) is 9.97 Å². The van der Waals surface area contributed by atoms with Crippen LogP contribution in [0.1, 0.15) is 11.5 Å².